The molecule has 2 heterocycles. The van der Waals surface area contributed by atoms with Gasteiger partial charge in [-0.05, 0) is 37.0 Å². The van der Waals surface area contributed by atoms with Crippen molar-refractivity contribution in [1.82, 2.24) is 15.5 Å². The summed E-state index contributed by atoms with van der Waals surface area (Å²) in [5.74, 6) is 2.57. The molecule has 0 radical (unpaired) electrons. The number of hydrogen-bond donors (Lipinski definition) is 2. The van der Waals surface area contributed by atoms with Crippen LogP contribution in [0.2, 0.25) is 0 Å². The zero-order valence-corrected chi connectivity index (χ0v) is 18.2. The fourth-order valence-corrected chi connectivity index (χ4v) is 5.46. The molecular weight excluding hydrogens is 390 g/mol. The first-order chi connectivity index (χ1) is 14.0. The summed E-state index contributed by atoms with van der Waals surface area (Å²) in [4.78, 5) is 25.7. The molecule has 2 N–H and O–H groups in total. The molecular formula is C21H31N3O4S. The van der Waals surface area contributed by atoms with Gasteiger partial charge in [-0.1, -0.05) is 12.5 Å². The van der Waals surface area contributed by atoms with Crippen molar-refractivity contribution < 1.29 is 19.1 Å². The molecule has 2 saturated heterocycles. The molecule has 3 atom stereocenters. The molecule has 2 aliphatic heterocycles. The van der Waals surface area contributed by atoms with Gasteiger partial charge < -0.3 is 25.0 Å². The number of amides is 3. The highest BCUT2D eigenvalue weighted by molar-refractivity contribution is 8.00. The number of hydrogen-bond acceptors (Lipinski definition) is 5. The van der Waals surface area contributed by atoms with E-state index in [0.29, 0.717) is 29.7 Å². The topological polar surface area (TPSA) is 79.9 Å². The minimum absolute atomic E-state index is 0.0448. The zero-order chi connectivity index (χ0) is 20.8. The highest BCUT2D eigenvalue weighted by Gasteiger charge is 2.42. The van der Waals surface area contributed by atoms with Crippen LogP contribution in [0.15, 0.2) is 18.2 Å². The third-order valence-electron chi connectivity index (χ3n) is 5.68. The van der Waals surface area contributed by atoms with Gasteiger partial charge in [-0.25, -0.2) is 4.79 Å². The van der Waals surface area contributed by atoms with Crippen molar-refractivity contribution in [2.75, 3.05) is 33.6 Å². The standard InChI is InChI=1S/C21H31N3O4S/c1-24(11-10-14-8-9-16(27-2)17(12-14)28-3)19(25)7-5-4-6-18-20-15(13-29-18)22-21(26)23-20/h8-9,12,15,18,20H,4-7,10-11,13H2,1-3H3,(H2,22,23,26)/t15-,18-,20-/m0/s1. The molecule has 1 aromatic carbocycles. The Morgan fingerprint density at radius 1 is 1.21 bits per heavy atom. The van der Waals surface area contributed by atoms with E-state index >= 15 is 0 Å². The Balaban J connectivity index is 1.35. The van der Waals surface area contributed by atoms with Crippen molar-refractivity contribution in [1.29, 1.82) is 0 Å². The van der Waals surface area contributed by atoms with Gasteiger partial charge in [0, 0.05) is 31.0 Å². The summed E-state index contributed by atoms with van der Waals surface area (Å²) in [6.45, 7) is 0.675. The van der Waals surface area contributed by atoms with E-state index in [4.69, 9.17) is 9.47 Å². The highest BCUT2D eigenvalue weighted by atomic mass is 32.2. The minimum Gasteiger partial charge on any atom is -0.493 e. The molecule has 0 bridgehead atoms. The quantitative estimate of drug-likeness (QED) is 0.448. The second-order valence-corrected chi connectivity index (χ2v) is 8.89. The molecule has 0 saturated carbocycles. The molecule has 3 amide bonds. The number of ether oxygens (including phenoxy) is 2. The van der Waals surface area contributed by atoms with Gasteiger partial charge in [-0.2, -0.15) is 11.8 Å². The van der Waals surface area contributed by atoms with Gasteiger partial charge in [-0.3, -0.25) is 4.79 Å². The first-order valence-electron chi connectivity index (χ1n) is 10.2. The number of carbonyl (C=O) groups excluding carboxylic acids is 2. The zero-order valence-electron chi connectivity index (χ0n) is 17.4. The van der Waals surface area contributed by atoms with Crippen LogP contribution in [0.25, 0.3) is 0 Å². The number of fused-ring (bicyclic) bond motifs is 1. The van der Waals surface area contributed by atoms with E-state index in [2.05, 4.69) is 10.6 Å². The van der Waals surface area contributed by atoms with E-state index in [1.165, 1.54) is 0 Å². The molecule has 7 nitrogen and oxygen atoms in total. The van der Waals surface area contributed by atoms with Crippen LogP contribution in [-0.2, 0) is 11.2 Å². The molecule has 3 rings (SSSR count). The van der Waals surface area contributed by atoms with Gasteiger partial charge >= 0.3 is 6.03 Å². The first kappa shape index (κ1) is 21.6. The Morgan fingerprint density at radius 3 is 2.76 bits per heavy atom. The average Bonchev–Trinajstić information content (AvgIpc) is 3.28. The molecule has 1 aromatic rings. The van der Waals surface area contributed by atoms with Gasteiger partial charge in [0.2, 0.25) is 5.91 Å². The van der Waals surface area contributed by atoms with Crippen molar-refractivity contribution in [2.45, 2.75) is 49.4 Å². The fourth-order valence-electron chi connectivity index (χ4n) is 3.91. The Labute approximate surface area is 176 Å². The Bertz CT molecular complexity index is 730. The van der Waals surface area contributed by atoms with E-state index in [-0.39, 0.29) is 24.0 Å². The van der Waals surface area contributed by atoms with Crippen LogP contribution in [0.5, 0.6) is 11.5 Å². The second kappa shape index (κ2) is 10.1. The largest absolute Gasteiger partial charge is 0.493 e. The number of nitrogens with one attached hydrogen (secondary N) is 2. The third kappa shape index (κ3) is 5.50. The number of methoxy groups -OCH3 is 2. The normalized spacial score (nSPS) is 22.6. The van der Waals surface area contributed by atoms with Crippen molar-refractivity contribution >= 4 is 23.7 Å². The van der Waals surface area contributed by atoms with E-state index < -0.39 is 0 Å². The van der Waals surface area contributed by atoms with Crippen molar-refractivity contribution in [3.63, 3.8) is 0 Å². The maximum atomic E-state index is 12.4. The summed E-state index contributed by atoms with van der Waals surface area (Å²) in [7, 11) is 5.10. The smallest absolute Gasteiger partial charge is 0.315 e. The van der Waals surface area contributed by atoms with Crippen LogP contribution in [0.4, 0.5) is 4.79 Å². The van der Waals surface area contributed by atoms with Crippen LogP contribution >= 0.6 is 11.8 Å². The van der Waals surface area contributed by atoms with Crippen LogP contribution in [0.1, 0.15) is 31.2 Å². The van der Waals surface area contributed by atoms with Crippen LogP contribution < -0.4 is 20.1 Å². The summed E-state index contributed by atoms with van der Waals surface area (Å²) in [5.41, 5.74) is 1.11. The number of nitrogens with zero attached hydrogens (tertiary/aromatic N) is 1. The minimum atomic E-state index is -0.0448. The molecule has 0 unspecified atom stereocenters. The predicted molar refractivity (Wildman–Crippen MR) is 115 cm³/mol. The maximum absolute atomic E-state index is 12.4. The Hall–Kier alpha value is -2.09. The lowest BCUT2D eigenvalue weighted by Gasteiger charge is -2.19. The average molecular weight is 422 g/mol. The summed E-state index contributed by atoms with van der Waals surface area (Å²) in [6.07, 6.45) is 4.27. The number of thioether (sulfide) groups is 1. The predicted octanol–water partition coefficient (Wildman–Crippen LogP) is 2.43. The van der Waals surface area contributed by atoms with Crippen LogP contribution in [-0.4, -0.2) is 67.7 Å². The number of rotatable bonds is 10. The number of carbonyl (C=O) groups is 2. The van der Waals surface area contributed by atoms with Gasteiger partial charge in [0.05, 0.1) is 26.3 Å². The molecule has 0 aromatic heterocycles. The summed E-state index contributed by atoms with van der Waals surface area (Å²) >= 11 is 1.92. The van der Waals surface area contributed by atoms with Gasteiger partial charge in [-0.15, -0.1) is 0 Å². The highest BCUT2D eigenvalue weighted by Crippen LogP contribution is 2.33. The Kier molecular flexibility index (Phi) is 7.52. The summed E-state index contributed by atoms with van der Waals surface area (Å²) < 4.78 is 10.6. The van der Waals surface area contributed by atoms with E-state index in [9.17, 15) is 9.59 Å². The molecule has 160 valence electrons. The molecule has 2 fully saturated rings. The number of likely N-dealkylation sites (N-methyl/N-ethyl adjacent to an activating group) is 1. The Morgan fingerprint density at radius 2 is 2.00 bits per heavy atom. The van der Waals surface area contributed by atoms with Crippen LogP contribution in [0, 0.1) is 0 Å². The van der Waals surface area contributed by atoms with Crippen LogP contribution in [0.3, 0.4) is 0 Å². The summed E-state index contributed by atoms with van der Waals surface area (Å²) in [6, 6.07) is 6.32. The molecule has 0 spiro atoms. The SMILES string of the molecule is COc1ccc(CCN(C)C(=O)CCCC[C@@H]2SC[C@@H]3NC(=O)N[C@@H]32)cc1OC. The molecule has 2 aliphatic rings. The van der Waals surface area contributed by atoms with Gasteiger partial charge in [0.25, 0.3) is 0 Å². The monoisotopic (exact) mass is 421 g/mol. The number of urea groups is 1. The molecule has 8 heteroatoms. The van der Waals surface area contributed by atoms with E-state index in [0.717, 1.165) is 37.0 Å². The first-order valence-corrected chi connectivity index (χ1v) is 11.2. The van der Waals surface area contributed by atoms with Crippen molar-refractivity contribution in [3.05, 3.63) is 23.8 Å². The van der Waals surface area contributed by atoms with Gasteiger partial charge in [0.1, 0.15) is 0 Å². The lowest BCUT2D eigenvalue weighted by Crippen LogP contribution is -2.36. The van der Waals surface area contributed by atoms with E-state index in [1.807, 2.05) is 37.0 Å². The summed E-state index contributed by atoms with van der Waals surface area (Å²) in [5, 5.41) is 6.44. The van der Waals surface area contributed by atoms with E-state index in [1.54, 1.807) is 19.1 Å². The lowest BCUT2D eigenvalue weighted by atomic mass is 10.0. The second-order valence-electron chi connectivity index (χ2n) is 7.62. The maximum Gasteiger partial charge on any atom is 0.315 e. The number of benzene rings is 1. The van der Waals surface area contributed by atoms with Crippen molar-refractivity contribution in [3.8, 4) is 11.5 Å². The van der Waals surface area contributed by atoms with Gasteiger partial charge in [0.15, 0.2) is 11.5 Å². The lowest BCUT2D eigenvalue weighted by molar-refractivity contribution is -0.130. The fraction of sp³-hybridized carbons (Fsp3) is 0.619. The third-order valence-corrected chi connectivity index (χ3v) is 7.19. The molecule has 0 aliphatic carbocycles. The number of unbranched alkanes of at least 4 members (excludes halogenated alkanes) is 1. The van der Waals surface area contributed by atoms with Crippen molar-refractivity contribution in [2.24, 2.45) is 0 Å². The molecule has 29 heavy (non-hydrogen) atoms.